The van der Waals surface area contributed by atoms with Crippen molar-refractivity contribution in [1.29, 1.82) is 0 Å². The summed E-state index contributed by atoms with van der Waals surface area (Å²) >= 11 is 1.56. The Labute approximate surface area is 131 Å². The van der Waals surface area contributed by atoms with Crippen LogP contribution in [-0.2, 0) is 21.5 Å². The SMILES string of the molecule is C=CCN(Cc1cccs1)S(=O)(=O)N1CC(C)OCC1C. The second-order valence-corrected chi connectivity index (χ2v) is 8.14. The second kappa shape index (κ2) is 7.02. The zero-order valence-corrected chi connectivity index (χ0v) is 14.1. The van der Waals surface area contributed by atoms with Crippen LogP contribution in [0.25, 0.3) is 0 Å². The minimum absolute atomic E-state index is 0.0803. The van der Waals surface area contributed by atoms with Gasteiger partial charge in [0.2, 0.25) is 0 Å². The monoisotopic (exact) mass is 330 g/mol. The molecule has 1 aromatic heterocycles. The van der Waals surface area contributed by atoms with Gasteiger partial charge in [0.05, 0.1) is 12.7 Å². The smallest absolute Gasteiger partial charge is 0.283 e. The molecule has 0 radical (unpaired) electrons. The molecule has 1 aliphatic rings. The summed E-state index contributed by atoms with van der Waals surface area (Å²) in [5, 5.41) is 1.95. The molecule has 1 saturated heterocycles. The Morgan fingerprint density at radius 2 is 2.33 bits per heavy atom. The van der Waals surface area contributed by atoms with Gasteiger partial charge in [0.15, 0.2) is 0 Å². The summed E-state index contributed by atoms with van der Waals surface area (Å²) in [5.41, 5.74) is 0. The van der Waals surface area contributed by atoms with Crippen LogP contribution in [0.4, 0.5) is 0 Å². The lowest BCUT2D eigenvalue weighted by atomic mass is 10.2. The fourth-order valence-electron chi connectivity index (χ4n) is 2.30. The quantitative estimate of drug-likeness (QED) is 0.751. The lowest BCUT2D eigenvalue weighted by Crippen LogP contribution is -2.54. The van der Waals surface area contributed by atoms with Crippen molar-refractivity contribution in [2.45, 2.75) is 32.5 Å². The summed E-state index contributed by atoms with van der Waals surface area (Å²) in [6, 6.07) is 3.72. The molecule has 2 rings (SSSR count). The molecule has 7 heteroatoms. The van der Waals surface area contributed by atoms with Crippen LogP contribution in [0.2, 0.25) is 0 Å². The molecule has 0 bridgehead atoms. The molecule has 2 atom stereocenters. The molecule has 0 spiro atoms. The van der Waals surface area contributed by atoms with Gasteiger partial charge in [-0.25, -0.2) is 0 Å². The molecular weight excluding hydrogens is 308 g/mol. The number of hydrogen-bond acceptors (Lipinski definition) is 4. The Kier molecular flexibility index (Phi) is 5.56. The average Bonchev–Trinajstić information content (AvgIpc) is 2.94. The highest BCUT2D eigenvalue weighted by Gasteiger charge is 2.36. The van der Waals surface area contributed by atoms with E-state index in [0.717, 1.165) is 4.88 Å². The van der Waals surface area contributed by atoms with Crippen molar-refractivity contribution in [2.75, 3.05) is 19.7 Å². The lowest BCUT2D eigenvalue weighted by molar-refractivity contribution is -0.0190. The van der Waals surface area contributed by atoms with Crippen LogP contribution < -0.4 is 0 Å². The molecule has 1 aromatic rings. The molecule has 21 heavy (non-hydrogen) atoms. The van der Waals surface area contributed by atoms with Crippen molar-refractivity contribution in [3.8, 4) is 0 Å². The fourth-order valence-corrected chi connectivity index (χ4v) is 4.91. The summed E-state index contributed by atoms with van der Waals surface area (Å²) in [4.78, 5) is 1.02. The van der Waals surface area contributed by atoms with E-state index in [0.29, 0.717) is 26.2 Å². The van der Waals surface area contributed by atoms with E-state index >= 15 is 0 Å². The van der Waals surface area contributed by atoms with Gasteiger partial charge in [0.1, 0.15) is 0 Å². The van der Waals surface area contributed by atoms with Gasteiger partial charge in [-0.15, -0.1) is 17.9 Å². The van der Waals surface area contributed by atoms with Gasteiger partial charge in [0.25, 0.3) is 10.2 Å². The van der Waals surface area contributed by atoms with E-state index in [1.54, 1.807) is 17.4 Å². The third-order valence-corrected chi connectivity index (χ3v) is 6.31. The molecule has 2 heterocycles. The Bertz CT molecular complexity index is 557. The van der Waals surface area contributed by atoms with Crippen molar-refractivity contribution in [1.82, 2.24) is 8.61 Å². The number of morpholine rings is 1. The largest absolute Gasteiger partial charge is 0.375 e. The maximum Gasteiger partial charge on any atom is 0.283 e. The minimum atomic E-state index is -3.52. The van der Waals surface area contributed by atoms with Gasteiger partial charge in [-0.1, -0.05) is 12.1 Å². The molecule has 5 nitrogen and oxygen atoms in total. The highest BCUT2D eigenvalue weighted by molar-refractivity contribution is 7.86. The van der Waals surface area contributed by atoms with E-state index in [2.05, 4.69) is 6.58 Å². The van der Waals surface area contributed by atoms with Crippen molar-refractivity contribution in [3.05, 3.63) is 35.0 Å². The maximum absolute atomic E-state index is 12.9. The highest BCUT2D eigenvalue weighted by Crippen LogP contribution is 2.22. The Hall–Kier alpha value is -0.730. The molecule has 0 N–H and O–H groups in total. The van der Waals surface area contributed by atoms with Crippen LogP contribution in [0, 0.1) is 0 Å². The zero-order valence-electron chi connectivity index (χ0n) is 12.4. The molecule has 2 unspecified atom stereocenters. The van der Waals surface area contributed by atoms with Crippen LogP contribution in [0.15, 0.2) is 30.2 Å². The van der Waals surface area contributed by atoms with Crippen molar-refractivity contribution >= 4 is 21.5 Å². The van der Waals surface area contributed by atoms with Gasteiger partial charge in [0, 0.05) is 30.6 Å². The Morgan fingerprint density at radius 1 is 1.57 bits per heavy atom. The van der Waals surface area contributed by atoms with Crippen LogP contribution in [-0.4, -0.2) is 48.9 Å². The standard InChI is InChI=1S/C14H22N2O3S2/c1-4-7-15(10-14-6-5-8-20-14)21(17,18)16-9-13(3)19-11-12(16)2/h4-6,8,12-13H,1,7,9-11H2,2-3H3. The number of thiophene rings is 1. The first kappa shape index (κ1) is 16.6. The topological polar surface area (TPSA) is 49.9 Å². The Balaban J connectivity index is 2.21. The molecule has 0 aliphatic carbocycles. The molecule has 0 amide bonds. The van der Waals surface area contributed by atoms with Crippen LogP contribution in [0.5, 0.6) is 0 Å². The van der Waals surface area contributed by atoms with Crippen molar-refractivity contribution < 1.29 is 13.2 Å². The number of hydrogen-bond donors (Lipinski definition) is 0. The summed E-state index contributed by atoms with van der Waals surface area (Å²) in [5.74, 6) is 0. The fraction of sp³-hybridized carbons (Fsp3) is 0.571. The van der Waals surface area contributed by atoms with Crippen molar-refractivity contribution in [2.24, 2.45) is 0 Å². The first-order chi connectivity index (χ1) is 9.95. The predicted octanol–water partition coefficient (Wildman–Crippen LogP) is 2.09. The van der Waals surface area contributed by atoms with E-state index in [4.69, 9.17) is 4.74 Å². The normalized spacial score (nSPS) is 24.3. The highest BCUT2D eigenvalue weighted by atomic mass is 32.2. The number of rotatable bonds is 6. The van der Waals surface area contributed by atoms with E-state index in [9.17, 15) is 8.42 Å². The van der Waals surface area contributed by atoms with Gasteiger partial charge >= 0.3 is 0 Å². The predicted molar refractivity (Wildman–Crippen MR) is 85.4 cm³/mol. The third-order valence-electron chi connectivity index (χ3n) is 3.42. The first-order valence-corrected chi connectivity index (χ1v) is 9.24. The van der Waals surface area contributed by atoms with Gasteiger partial charge in [-0.2, -0.15) is 17.0 Å². The number of nitrogens with zero attached hydrogens (tertiary/aromatic N) is 2. The second-order valence-electron chi connectivity index (χ2n) is 5.23. The lowest BCUT2D eigenvalue weighted by Gasteiger charge is -2.38. The molecule has 1 aliphatic heterocycles. The van der Waals surface area contributed by atoms with Crippen LogP contribution in [0.1, 0.15) is 18.7 Å². The summed E-state index contributed by atoms with van der Waals surface area (Å²) < 4.78 is 34.4. The minimum Gasteiger partial charge on any atom is -0.375 e. The average molecular weight is 330 g/mol. The molecule has 0 saturated carbocycles. The molecule has 0 aromatic carbocycles. The molecular formula is C14H22N2O3S2. The molecule has 1 fully saturated rings. The van der Waals surface area contributed by atoms with Gasteiger partial charge in [-0.3, -0.25) is 0 Å². The Morgan fingerprint density at radius 3 is 2.95 bits per heavy atom. The summed E-state index contributed by atoms with van der Waals surface area (Å²) in [6.45, 7) is 8.95. The van der Waals surface area contributed by atoms with E-state index < -0.39 is 10.2 Å². The van der Waals surface area contributed by atoms with E-state index in [1.807, 2.05) is 31.4 Å². The van der Waals surface area contributed by atoms with Crippen LogP contribution >= 0.6 is 11.3 Å². The summed E-state index contributed by atoms with van der Waals surface area (Å²) in [7, 11) is -3.52. The van der Waals surface area contributed by atoms with Crippen molar-refractivity contribution in [3.63, 3.8) is 0 Å². The van der Waals surface area contributed by atoms with E-state index in [1.165, 1.54) is 8.61 Å². The summed E-state index contributed by atoms with van der Waals surface area (Å²) in [6.07, 6.45) is 1.54. The maximum atomic E-state index is 12.9. The van der Waals surface area contributed by atoms with Crippen LogP contribution in [0.3, 0.4) is 0 Å². The zero-order chi connectivity index (χ0) is 15.5. The third kappa shape index (κ3) is 3.92. The molecule has 118 valence electrons. The first-order valence-electron chi connectivity index (χ1n) is 6.97. The van der Waals surface area contributed by atoms with E-state index in [-0.39, 0.29) is 12.1 Å². The van der Waals surface area contributed by atoms with Gasteiger partial charge < -0.3 is 4.74 Å². The number of ether oxygens (including phenoxy) is 1. The van der Waals surface area contributed by atoms with Gasteiger partial charge in [-0.05, 0) is 25.3 Å².